The molecule has 0 saturated heterocycles. The molecule has 0 saturated carbocycles. The molecular weight excluding hydrogens is 463 g/mol. The number of fused-ring (bicyclic) bond motifs is 3. The normalized spacial score (nSPS) is 13.9. The number of hydrogen-bond acceptors (Lipinski definition) is 6. The van der Waals surface area contributed by atoms with Crippen molar-refractivity contribution in [2.75, 3.05) is 18.5 Å². The highest BCUT2D eigenvalue weighted by Gasteiger charge is 2.26. The van der Waals surface area contributed by atoms with Gasteiger partial charge in [0.2, 0.25) is 5.91 Å². The molecule has 0 bridgehead atoms. The quantitative estimate of drug-likeness (QED) is 0.342. The zero-order valence-corrected chi connectivity index (χ0v) is 19.9. The molecule has 1 aliphatic heterocycles. The van der Waals surface area contributed by atoms with Crippen LogP contribution in [0.3, 0.4) is 0 Å². The molecule has 35 heavy (non-hydrogen) atoms. The first-order valence-corrected chi connectivity index (χ1v) is 12.2. The molecule has 0 radical (unpaired) electrons. The van der Waals surface area contributed by atoms with Crippen LogP contribution in [0.15, 0.2) is 73.6 Å². The van der Waals surface area contributed by atoms with Crippen LogP contribution in [-0.4, -0.2) is 33.9 Å². The van der Waals surface area contributed by atoms with Crippen molar-refractivity contribution < 1.29 is 13.9 Å². The number of nitrogens with zero attached hydrogens (tertiary/aromatic N) is 3. The number of carbonyl (C=O) groups excluding carboxylic acids is 1. The number of nitrogens with one attached hydrogen (secondary N) is 1. The van der Waals surface area contributed by atoms with Crippen molar-refractivity contribution in [1.29, 1.82) is 0 Å². The molecule has 0 aliphatic carbocycles. The third-order valence-electron chi connectivity index (χ3n) is 6.08. The van der Waals surface area contributed by atoms with Gasteiger partial charge in [-0.1, -0.05) is 49.0 Å². The Morgan fingerprint density at radius 3 is 2.89 bits per heavy atom. The molecule has 1 amide bonds. The van der Waals surface area contributed by atoms with Crippen molar-refractivity contribution in [3.05, 3.63) is 101 Å². The summed E-state index contributed by atoms with van der Waals surface area (Å²) in [5, 5.41) is 4.58. The highest BCUT2D eigenvalue weighted by Crippen LogP contribution is 2.38. The lowest BCUT2D eigenvalue weighted by Gasteiger charge is -2.26. The molecule has 3 heterocycles. The van der Waals surface area contributed by atoms with Gasteiger partial charge in [-0.3, -0.25) is 4.79 Å². The molecule has 2 aromatic carbocycles. The van der Waals surface area contributed by atoms with Gasteiger partial charge in [-0.25, -0.2) is 14.4 Å². The second kappa shape index (κ2) is 10.3. The van der Waals surface area contributed by atoms with Crippen LogP contribution in [0.2, 0.25) is 0 Å². The molecule has 1 N–H and O–H groups in total. The topological polar surface area (TPSA) is 67.4 Å². The minimum Gasteiger partial charge on any atom is -0.374 e. The smallest absolute Gasteiger partial charge is 0.246 e. The zero-order chi connectivity index (χ0) is 24.2. The first-order valence-electron chi connectivity index (χ1n) is 11.4. The van der Waals surface area contributed by atoms with E-state index in [2.05, 4.69) is 21.9 Å². The van der Waals surface area contributed by atoms with Gasteiger partial charge in [0.1, 0.15) is 22.8 Å². The first-order chi connectivity index (χ1) is 17.1. The summed E-state index contributed by atoms with van der Waals surface area (Å²) in [4.78, 5) is 25.0. The summed E-state index contributed by atoms with van der Waals surface area (Å²) in [5.74, 6) is 0.416. The largest absolute Gasteiger partial charge is 0.374 e. The summed E-state index contributed by atoms with van der Waals surface area (Å²) >= 11 is 1.60. The van der Waals surface area contributed by atoms with E-state index in [9.17, 15) is 9.18 Å². The average molecular weight is 489 g/mol. The fraction of sp³-hybridized carbons (Fsp3) is 0.222. The van der Waals surface area contributed by atoms with Crippen molar-refractivity contribution in [2.24, 2.45) is 0 Å². The minimum atomic E-state index is -0.275. The monoisotopic (exact) mass is 488 g/mol. The Morgan fingerprint density at radius 2 is 2.09 bits per heavy atom. The number of amides is 1. The third kappa shape index (κ3) is 5.08. The highest BCUT2D eigenvalue weighted by atomic mass is 32.1. The van der Waals surface area contributed by atoms with Gasteiger partial charge < -0.3 is 15.0 Å². The summed E-state index contributed by atoms with van der Waals surface area (Å²) < 4.78 is 19.5. The van der Waals surface area contributed by atoms with E-state index in [1.54, 1.807) is 28.6 Å². The maximum atomic E-state index is 13.5. The molecule has 0 fully saturated rings. The Kier molecular flexibility index (Phi) is 6.83. The Hall–Kier alpha value is -3.62. The molecule has 8 heteroatoms. The average Bonchev–Trinajstić information content (AvgIpc) is 3.27. The molecule has 0 unspecified atom stereocenters. The molecule has 1 aliphatic rings. The molecule has 5 rings (SSSR count). The van der Waals surface area contributed by atoms with E-state index < -0.39 is 0 Å². The van der Waals surface area contributed by atoms with Crippen LogP contribution in [0.4, 0.5) is 10.2 Å². The summed E-state index contributed by atoms with van der Waals surface area (Å²) in [6.45, 7) is 5.48. The number of carbonyl (C=O) groups is 1. The molecule has 1 atom stereocenters. The second-order valence-corrected chi connectivity index (χ2v) is 9.46. The Bertz CT molecular complexity index is 1360. The SMILES string of the molecule is C=CC(=O)N1CCc2c(sc3ncnc(N[C@H](COCc4cccc(F)c4)c4ccccc4)c23)C1. The van der Waals surface area contributed by atoms with E-state index in [-0.39, 0.29) is 17.8 Å². The molecule has 0 spiro atoms. The summed E-state index contributed by atoms with van der Waals surface area (Å²) in [6.07, 6.45) is 3.66. The van der Waals surface area contributed by atoms with E-state index in [4.69, 9.17) is 4.74 Å². The van der Waals surface area contributed by atoms with Gasteiger partial charge in [0.25, 0.3) is 0 Å². The Balaban J connectivity index is 1.40. The Labute approximate surface area is 207 Å². The van der Waals surface area contributed by atoms with Crippen LogP contribution in [0.1, 0.15) is 27.6 Å². The standard InChI is InChI=1S/C27H25FN4O2S/c1-2-24(33)32-12-11-21-23(14-32)35-27-25(21)26(29-17-30-27)31-22(19-8-4-3-5-9-19)16-34-15-18-7-6-10-20(28)13-18/h2-10,13,17,22H,1,11-12,14-16H2,(H,29,30,31)/t22-/m1/s1. The minimum absolute atomic E-state index is 0.0582. The van der Waals surface area contributed by atoms with Crippen molar-refractivity contribution in [3.8, 4) is 0 Å². The van der Waals surface area contributed by atoms with Crippen LogP contribution in [0, 0.1) is 5.82 Å². The van der Waals surface area contributed by atoms with E-state index in [0.29, 0.717) is 26.3 Å². The number of anilines is 1. The summed E-state index contributed by atoms with van der Waals surface area (Å²) in [6, 6.07) is 16.3. The van der Waals surface area contributed by atoms with Crippen molar-refractivity contribution >= 4 is 33.3 Å². The predicted octanol–water partition coefficient (Wildman–Crippen LogP) is 5.27. The van der Waals surface area contributed by atoms with Gasteiger partial charge in [-0.05, 0) is 41.3 Å². The van der Waals surface area contributed by atoms with Crippen molar-refractivity contribution in [2.45, 2.75) is 25.6 Å². The van der Waals surface area contributed by atoms with E-state index in [1.165, 1.54) is 23.8 Å². The molecular formula is C27H25FN4O2S. The lowest BCUT2D eigenvalue weighted by molar-refractivity contribution is -0.126. The number of benzene rings is 2. The van der Waals surface area contributed by atoms with Crippen LogP contribution in [-0.2, 0) is 29.1 Å². The number of aromatic nitrogens is 2. The maximum Gasteiger partial charge on any atom is 0.246 e. The lowest BCUT2D eigenvalue weighted by atomic mass is 10.0. The fourth-order valence-corrected chi connectivity index (χ4v) is 5.55. The summed E-state index contributed by atoms with van der Waals surface area (Å²) in [7, 11) is 0. The molecule has 4 aromatic rings. The second-order valence-electron chi connectivity index (χ2n) is 8.37. The summed E-state index contributed by atoms with van der Waals surface area (Å²) in [5.41, 5.74) is 3.03. The van der Waals surface area contributed by atoms with Crippen LogP contribution >= 0.6 is 11.3 Å². The van der Waals surface area contributed by atoms with E-state index in [0.717, 1.165) is 38.5 Å². The fourth-order valence-electron chi connectivity index (χ4n) is 4.35. The predicted molar refractivity (Wildman–Crippen MR) is 136 cm³/mol. The molecule has 178 valence electrons. The van der Waals surface area contributed by atoms with Crippen LogP contribution in [0.5, 0.6) is 0 Å². The number of rotatable bonds is 8. The highest BCUT2D eigenvalue weighted by molar-refractivity contribution is 7.19. The maximum absolute atomic E-state index is 13.5. The van der Waals surface area contributed by atoms with Gasteiger partial charge in [-0.2, -0.15) is 0 Å². The molecule has 6 nitrogen and oxygen atoms in total. The van der Waals surface area contributed by atoms with Gasteiger partial charge in [0.15, 0.2) is 0 Å². The van der Waals surface area contributed by atoms with E-state index in [1.807, 2.05) is 36.4 Å². The third-order valence-corrected chi connectivity index (χ3v) is 7.20. The number of thiophene rings is 1. The molecule has 2 aromatic heterocycles. The van der Waals surface area contributed by atoms with Crippen LogP contribution in [0.25, 0.3) is 10.2 Å². The van der Waals surface area contributed by atoms with Gasteiger partial charge in [0, 0.05) is 11.4 Å². The van der Waals surface area contributed by atoms with Gasteiger partial charge in [0.05, 0.1) is 31.2 Å². The number of hydrogen-bond donors (Lipinski definition) is 1. The van der Waals surface area contributed by atoms with Crippen LogP contribution < -0.4 is 5.32 Å². The van der Waals surface area contributed by atoms with Gasteiger partial charge in [-0.15, -0.1) is 11.3 Å². The van der Waals surface area contributed by atoms with Crippen molar-refractivity contribution in [1.82, 2.24) is 14.9 Å². The van der Waals surface area contributed by atoms with Crippen molar-refractivity contribution in [3.63, 3.8) is 0 Å². The number of halogens is 1. The number of ether oxygens (including phenoxy) is 1. The first kappa shape index (κ1) is 23.1. The zero-order valence-electron chi connectivity index (χ0n) is 19.1. The Morgan fingerprint density at radius 1 is 1.23 bits per heavy atom. The lowest BCUT2D eigenvalue weighted by Crippen LogP contribution is -2.34. The van der Waals surface area contributed by atoms with Gasteiger partial charge >= 0.3 is 0 Å². The van der Waals surface area contributed by atoms with E-state index >= 15 is 0 Å².